The molecule has 1 aromatic rings. The Morgan fingerprint density at radius 3 is 2.76 bits per heavy atom. The van der Waals surface area contributed by atoms with Crippen molar-refractivity contribution in [2.45, 2.75) is 32.5 Å². The molecule has 1 saturated heterocycles. The molecule has 1 unspecified atom stereocenters. The predicted octanol–water partition coefficient (Wildman–Crippen LogP) is 5.03. The van der Waals surface area contributed by atoms with Gasteiger partial charge >= 0.3 is 0 Å². The van der Waals surface area contributed by atoms with Crippen LogP contribution in [0.1, 0.15) is 36.5 Å². The number of allylic oxidation sites excluding steroid dienone is 5. The van der Waals surface area contributed by atoms with Gasteiger partial charge in [-0.05, 0) is 43.4 Å². The summed E-state index contributed by atoms with van der Waals surface area (Å²) in [6, 6.07) is 9.26. The summed E-state index contributed by atoms with van der Waals surface area (Å²) in [5.41, 5.74) is 2.51. The molecule has 3 nitrogen and oxygen atoms in total. The maximum Gasteiger partial charge on any atom is 0.186 e. The van der Waals surface area contributed by atoms with Crippen LogP contribution in [0, 0.1) is 0 Å². The number of rotatable bonds is 8. The number of benzene rings is 1. The third-order valence-electron chi connectivity index (χ3n) is 4.03. The van der Waals surface area contributed by atoms with Crippen molar-refractivity contribution in [2.75, 3.05) is 13.2 Å². The van der Waals surface area contributed by atoms with Crippen molar-refractivity contribution >= 4 is 5.78 Å². The Balaban J connectivity index is 2.13. The molecule has 25 heavy (non-hydrogen) atoms. The van der Waals surface area contributed by atoms with Crippen LogP contribution in [0.4, 0.5) is 0 Å². The maximum absolute atomic E-state index is 12.5. The highest BCUT2D eigenvalue weighted by atomic mass is 16.7. The number of ether oxygens (including phenoxy) is 2. The molecule has 0 amide bonds. The Hall–Kier alpha value is -2.23. The van der Waals surface area contributed by atoms with Crippen molar-refractivity contribution in [3.8, 4) is 0 Å². The molecule has 0 spiro atoms. The second kappa shape index (κ2) is 10.6. The molecule has 0 aliphatic carbocycles. The van der Waals surface area contributed by atoms with E-state index in [1.807, 2.05) is 55.5 Å². The van der Waals surface area contributed by atoms with Crippen LogP contribution < -0.4 is 0 Å². The van der Waals surface area contributed by atoms with Crippen LogP contribution in [-0.4, -0.2) is 25.3 Å². The molecule has 1 heterocycles. The lowest BCUT2D eigenvalue weighted by atomic mass is 10.0. The molecule has 3 heteroatoms. The van der Waals surface area contributed by atoms with Crippen LogP contribution >= 0.6 is 0 Å². The van der Waals surface area contributed by atoms with E-state index in [0.29, 0.717) is 12.2 Å². The molecule has 1 aromatic carbocycles. The van der Waals surface area contributed by atoms with E-state index in [-0.39, 0.29) is 12.1 Å². The van der Waals surface area contributed by atoms with E-state index >= 15 is 0 Å². The standard InChI is InChI=1S/C22H26O3/c1-3-4-6-11-18(2)20(17-25-22-14-9-10-15-24-22)16-21(23)19-12-7-5-8-13-19/h3-8,11-13,16,22H,1,9-10,14-15,17H2,2H3/b6-4-,18-11+,20-16+. The summed E-state index contributed by atoms with van der Waals surface area (Å²) >= 11 is 0. The number of hydrogen-bond donors (Lipinski definition) is 0. The van der Waals surface area contributed by atoms with E-state index in [2.05, 4.69) is 6.58 Å². The molecule has 1 aliphatic rings. The second-order valence-corrected chi connectivity index (χ2v) is 5.98. The Bertz CT molecular complexity index is 647. The number of ketones is 1. The third kappa shape index (κ3) is 6.65. The van der Waals surface area contributed by atoms with Crippen LogP contribution in [0.15, 0.2) is 78.4 Å². The minimum absolute atomic E-state index is 0.0239. The predicted molar refractivity (Wildman–Crippen MR) is 101 cm³/mol. The Morgan fingerprint density at radius 1 is 1.28 bits per heavy atom. The molecular weight excluding hydrogens is 312 g/mol. The topological polar surface area (TPSA) is 35.5 Å². The van der Waals surface area contributed by atoms with E-state index in [0.717, 1.165) is 37.0 Å². The summed E-state index contributed by atoms with van der Waals surface area (Å²) in [5, 5.41) is 0. The van der Waals surface area contributed by atoms with E-state index in [1.165, 1.54) is 0 Å². The van der Waals surface area contributed by atoms with Crippen molar-refractivity contribution in [3.63, 3.8) is 0 Å². The summed E-state index contributed by atoms with van der Waals surface area (Å²) < 4.78 is 11.5. The molecule has 0 N–H and O–H groups in total. The minimum Gasteiger partial charge on any atom is -0.353 e. The van der Waals surface area contributed by atoms with Crippen LogP contribution in [0.5, 0.6) is 0 Å². The number of carbonyl (C=O) groups excluding carboxylic acids is 1. The molecule has 0 radical (unpaired) electrons. The van der Waals surface area contributed by atoms with Crippen LogP contribution in [0.3, 0.4) is 0 Å². The lowest BCUT2D eigenvalue weighted by Gasteiger charge is -2.23. The highest BCUT2D eigenvalue weighted by Crippen LogP contribution is 2.18. The van der Waals surface area contributed by atoms with Crippen LogP contribution in [0.25, 0.3) is 0 Å². The zero-order chi connectivity index (χ0) is 17.9. The van der Waals surface area contributed by atoms with Gasteiger partial charge in [-0.15, -0.1) is 0 Å². The van der Waals surface area contributed by atoms with E-state index in [1.54, 1.807) is 12.2 Å². The summed E-state index contributed by atoms with van der Waals surface area (Å²) in [4.78, 5) is 12.5. The second-order valence-electron chi connectivity index (χ2n) is 5.98. The third-order valence-corrected chi connectivity index (χ3v) is 4.03. The average molecular weight is 338 g/mol. The van der Waals surface area contributed by atoms with Crippen molar-refractivity contribution in [1.82, 2.24) is 0 Å². The van der Waals surface area contributed by atoms with Crippen molar-refractivity contribution in [2.24, 2.45) is 0 Å². The number of hydrogen-bond acceptors (Lipinski definition) is 3. The smallest absolute Gasteiger partial charge is 0.186 e. The highest BCUT2D eigenvalue weighted by Gasteiger charge is 2.15. The van der Waals surface area contributed by atoms with Gasteiger partial charge in [-0.3, -0.25) is 4.79 Å². The van der Waals surface area contributed by atoms with Gasteiger partial charge in [-0.25, -0.2) is 0 Å². The summed E-state index contributed by atoms with van der Waals surface area (Å²) in [7, 11) is 0. The first-order chi connectivity index (χ1) is 12.2. The van der Waals surface area contributed by atoms with E-state index < -0.39 is 0 Å². The van der Waals surface area contributed by atoms with Crippen molar-refractivity contribution < 1.29 is 14.3 Å². The molecule has 0 aromatic heterocycles. The maximum atomic E-state index is 12.5. The number of carbonyl (C=O) groups is 1. The molecule has 132 valence electrons. The first-order valence-corrected chi connectivity index (χ1v) is 8.70. The molecular formula is C22H26O3. The molecule has 1 fully saturated rings. The van der Waals surface area contributed by atoms with Crippen LogP contribution in [-0.2, 0) is 9.47 Å². The first kappa shape index (κ1) is 19.1. The van der Waals surface area contributed by atoms with Gasteiger partial charge in [0.1, 0.15) is 0 Å². The molecule has 1 aliphatic heterocycles. The van der Waals surface area contributed by atoms with Gasteiger partial charge in [-0.2, -0.15) is 0 Å². The zero-order valence-electron chi connectivity index (χ0n) is 14.8. The Morgan fingerprint density at radius 2 is 2.08 bits per heavy atom. The fourth-order valence-electron chi connectivity index (χ4n) is 2.52. The fourth-order valence-corrected chi connectivity index (χ4v) is 2.52. The average Bonchev–Trinajstić information content (AvgIpc) is 2.66. The lowest BCUT2D eigenvalue weighted by Crippen LogP contribution is -2.23. The monoisotopic (exact) mass is 338 g/mol. The summed E-state index contributed by atoms with van der Waals surface area (Å²) in [6.07, 6.45) is 12.0. The Labute approximate surface area is 150 Å². The highest BCUT2D eigenvalue weighted by molar-refractivity contribution is 6.05. The fraction of sp³-hybridized carbons (Fsp3) is 0.318. The van der Waals surface area contributed by atoms with E-state index in [4.69, 9.17) is 9.47 Å². The molecule has 0 saturated carbocycles. The van der Waals surface area contributed by atoms with Gasteiger partial charge < -0.3 is 9.47 Å². The normalized spacial score (nSPS) is 19.2. The van der Waals surface area contributed by atoms with Crippen molar-refractivity contribution in [3.05, 3.63) is 84.0 Å². The van der Waals surface area contributed by atoms with Gasteiger partial charge in [0.05, 0.1) is 6.61 Å². The quantitative estimate of drug-likeness (QED) is 0.379. The van der Waals surface area contributed by atoms with Gasteiger partial charge in [0.15, 0.2) is 12.1 Å². The molecule has 2 rings (SSSR count). The molecule has 0 bridgehead atoms. The first-order valence-electron chi connectivity index (χ1n) is 8.70. The van der Waals surface area contributed by atoms with Gasteiger partial charge in [0, 0.05) is 12.2 Å². The SMILES string of the molecule is C=C\C=C/C=C(C)/C(=C/C(=O)c1ccccc1)COC1CCCCO1. The zero-order valence-corrected chi connectivity index (χ0v) is 14.8. The summed E-state index contributed by atoms with van der Waals surface area (Å²) in [6.45, 7) is 6.73. The van der Waals surface area contributed by atoms with Gasteiger partial charge in [0.2, 0.25) is 0 Å². The van der Waals surface area contributed by atoms with Crippen molar-refractivity contribution in [1.29, 1.82) is 0 Å². The largest absolute Gasteiger partial charge is 0.353 e. The summed E-state index contributed by atoms with van der Waals surface area (Å²) in [5.74, 6) is -0.0239. The van der Waals surface area contributed by atoms with Gasteiger partial charge in [0.25, 0.3) is 0 Å². The lowest BCUT2D eigenvalue weighted by molar-refractivity contribution is -0.156. The van der Waals surface area contributed by atoms with E-state index in [9.17, 15) is 4.79 Å². The molecule has 1 atom stereocenters. The van der Waals surface area contributed by atoms with Gasteiger partial charge in [-0.1, -0.05) is 61.2 Å². The van der Waals surface area contributed by atoms with Crippen LogP contribution in [0.2, 0.25) is 0 Å². The Kier molecular flexibility index (Phi) is 8.10. The minimum atomic E-state index is -0.180.